The third-order valence-corrected chi connectivity index (χ3v) is 5.52. The average Bonchev–Trinajstić information content (AvgIpc) is 3.17. The molecule has 0 bridgehead atoms. The van der Waals surface area contributed by atoms with E-state index in [2.05, 4.69) is 0 Å². The molecule has 0 spiro atoms. The second kappa shape index (κ2) is 8.69. The zero-order chi connectivity index (χ0) is 21.0. The van der Waals surface area contributed by atoms with E-state index in [1.54, 1.807) is 31.2 Å². The highest BCUT2D eigenvalue weighted by Crippen LogP contribution is 2.25. The lowest BCUT2D eigenvalue weighted by Gasteiger charge is -2.16. The van der Waals surface area contributed by atoms with Crippen molar-refractivity contribution in [2.45, 2.75) is 24.5 Å². The van der Waals surface area contributed by atoms with Crippen LogP contribution in [0.4, 0.5) is 5.69 Å². The number of furan rings is 1. The number of anilines is 1. The molecule has 0 saturated carbocycles. The van der Waals surface area contributed by atoms with Crippen molar-refractivity contribution < 1.29 is 22.4 Å². The van der Waals surface area contributed by atoms with E-state index in [0.717, 1.165) is 5.56 Å². The van der Waals surface area contributed by atoms with Gasteiger partial charge in [-0.2, -0.15) is 0 Å². The number of nitrogens with two attached hydrogens (primary N) is 1. The summed E-state index contributed by atoms with van der Waals surface area (Å²) in [5.74, 6) is -0.348. The number of esters is 1. The van der Waals surface area contributed by atoms with E-state index in [1.165, 1.54) is 16.7 Å². The van der Waals surface area contributed by atoms with Gasteiger partial charge in [-0.1, -0.05) is 30.3 Å². The summed E-state index contributed by atoms with van der Waals surface area (Å²) in [7, 11) is -3.91. The third-order valence-electron chi connectivity index (χ3n) is 4.23. The van der Waals surface area contributed by atoms with Crippen LogP contribution < -0.4 is 9.56 Å². The average molecular weight is 435 g/mol. The van der Waals surface area contributed by atoms with Crippen LogP contribution in [0.15, 0.2) is 76.2 Å². The van der Waals surface area contributed by atoms with Crippen LogP contribution in [-0.4, -0.2) is 14.4 Å². The number of hydrogen-bond donors (Lipinski definition) is 1. The van der Waals surface area contributed by atoms with E-state index in [4.69, 9.17) is 26.1 Å². The number of benzene rings is 2. The second-order valence-corrected chi connectivity index (χ2v) is 8.22. The van der Waals surface area contributed by atoms with Gasteiger partial charge in [-0.05, 0) is 42.8 Å². The Morgan fingerprint density at radius 2 is 1.79 bits per heavy atom. The molecule has 0 aliphatic carbocycles. The molecule has 152 valence electrons. The molecule has 0 radical (unpaired) electrons. The van der Waals surface area contributed by atoms with Crippen molar-refractivity contribution in [3.8, 4) is 0 Å². The number of nitrogens with zero attached hydrogens (tertiary/aromatic N) is 1. The van der Waals surface area contributed by atoms with Gasteiger partial charge in [0.05, 0.1) is 24.1 Å². The summed E-state index contributed by atoms with van der Waals surface area (Å²) in [6, 6.07) is 17.1. The Labute approximate surface area is 173 Å². The Bertz CT molecular complexity index is 1080. The molecule has 1 aromatic heterocycles. The number of ether oxygens (including phenoxy) is 1. The van der Waals surface area contributed by atoms with Crippen molar-refractivity contribution in [3.63, 3.8) is 0 Å². The lowest BCUT2D eigenvalue weighted by molar-refractivity contribution is 0.0338. The quantitative estimate of drug-likeness (QED) is 0.445. The lowest BCUT2D eigenvalue weighted by Crippen LogP contribution is -2.16. The second-order valence-electron chi connectivity index (χ2n) is 6.28. The molecule has 29 heavy (non-hydrogen) atoms. The van der Waals surface area contributed by atoms with Crippen LogP contribution in [0.3, 0.4) is 0 Å². The number of carbonyl (C=O) groups is 1. The number of sulfonamides is 1. The van der Waals surface area contributed by atoms with E-state index >= 15 is 0 Å². The van der Waals surface area contributed by atoms with Gasteiger partial charge in [0.25, 0.3) is 0 Å². The summed E-state index contributed by atoms with van der Waals surface area (Å²) in [6.45, 7) is 1.77. The molecule has 9 heteroatoms. The fourth-order valence-electron chi connectivity index (χ4n) is 2.70. The molecule has 1 heterocycles. The van der Waals surface area contributed by atoms with Crippen LogP contribution in [0.2, 0.25) is 0 Å². The number of halogens is 1. The highest BCUT2D eigenvalue weighted by molar-refractivity contribution is 7.89. The van der Waals surface area contributed by atoms with Crippen LogP contribution in [0.5, 0.6) is 0 Å². The highest BCUT2D eigenvalue weighted by atomic mass is 35.5. The Balaban J connectivity index is 1.67. The molecule has 0 fully saturated rings. The summed E-state index contributed by atoms with van der Waals surface area (Å²) in [6.07, 6.45) is 0.843. The maximum absolute atomic E-state index is 12.4. The molecule has 0 aliphatic heterocycles. The molecule has 1 atom stereocenters. The van der Waals surface area contributed by atoms with Crippen molar-refractivity contribution in [2.75, 3.05) is 4.42 Å². The molecule has 7 nitrogen and oxygen atoms in total. The molecule has 0 saturated heterocycles. The number of hydrogen-bond acceptors (Lipinski definition) is 6. The van der Waals surface area contributed by atoms with Crippen LogP contribution >= 0.6 is 11.8 Å². The summed E-state index contributed by atoms with van der Waals surface area (Å²) in [5, 5.41) is 5.15. The Hall–Kier alpha value is -2.81. The van der Waals surface area contributed by atoms with E-state index < -0.39 is 16.0 Å². The van der Waals surface area contributed by atoms with Crippen LogP contribution in [-0.2, 0) is 21.3 Å². The summed E-state index contributed by atoms with van der Waals surface area (Å²) in [5.41, 5.74) is 1.80. The van der Waals surface area contributed by atoms with Crippen LogP contribution in [0.25, 0.3) is 0 Å². The first-order chi connectivity index (χ1) is 13.8. The van der Waals surface area contributed by atoms with Gasteiger partial charge in [0.1, 0.15) is 16.8 Å². The zero-order valence-corrected chi connectivity index (χ0v) is 17.1. The Kier molecular flexibility index (Phi) is 6.26. The molecule has 2 aromatic carbocycles. The maximum Gasteiger partial charge on any atom is 0.338 e. The van der Waals surface area contributed by atoms with Gasteiger partial charge in [-0.25, -0.2) is 18.4 Å². The minimum absolute atomic E-state index is 0.0326. The van der Waals surface area contributed by atoms with E-state index in [-0.39, 0.29) is 23.3 Å². The van der Waals surface area contributed by atoms with Gasteiger partial charge in [-0.15, -0.1) is 0 Å². The number of rotatable bonds is 7. The van der Waals surface area contributed by atoms with Crippen molar-refractivity contribution in [2.24, 2.45) is 5.14 Å². The van der Waals surface area contributed by atoms with Crippen molar-refractivity contribution in [1.29, 1.82) is 0 Å². The largest absolute Gasteiger partial charge is 0.466 e. The van der Waals surface area contributed by atoms with Crippen molar-refractivity contribution in [1.82, 2.24) is 0 Å². The van der Waals surface area contributed by atoms with Gasteiger partial charge in [0.2, 0.25) is 10.0 Å². The lowest BCUT2D eigenvalue weighted by atomic mass is 10.1. The van der Waals surface area contributed by atoms with Gasteiger partial charge in [0, 0.05) is 11.8 Å². The summed E-state index contributed by atoms with van der Waals surface area (Å²) >= 11 is 6.24. The highest BCUT2D eigenvalue weighted by Gasteiger charge is 2.20. The van der Waals surface area contributed by atoms with E-state index in [1.807, 2.05) is 30.3 Å². The molecule has 0 aliphatic rings. The van der Waals surface area contributed by atoms with E-state index in [0.29, 0.717) is 11.3 Å². The molecule has 2 N–H and O–H groups in total. The predicted octanol–water partition coefficient (Wildman–Crippen LogP) is 4.01. The summed E-state index contributed by atoms with van der Waals surface area (Å²) < 4.78 is 35.0. The van der Waals surface area contributed by atoms with Gasteiger partial charge < -0.3 is 9.15 Å². The molecule has 3 aromatic rings. The summed E-state index contributed by atoms with van der Waals surface area (Å²) in [4.78, 5) is 12.2. The molecule has 0 unspecified atom stereocenters. The topological polar surface area (TPSA) is 103 Å². The van der Waals surface area contributed by atoms with Gasteiger partial charge in [-0.3, -0.25) is 4.42 Å². The first kappa shape index (κ1) is 20.9. The minimum Gasteiger partial charge on any atom is -0.466 e. The SMILES string of the molecule is C[C@H](OC(=O)c1ccc(N(Cl)Cc2occc2S(N)(=O)=O)cc1)c1ccccc1. The van der Waals surface area contributed by atoms with Crippen LogP contribution in [0, 0.1) is 0 Å². The molecule has 0 amide bonds. The molecular weight excluding hydrogens is 416 g/mol. The molecular formula is C20H19ClN2O5S. The first-order valence-electron chi connectivity index (χ1n) is 8.64. The monoisotopic (exact) mass is 434 g/mol. The van der Waals surface area contributed by atoms with Gasteiger partial charge >= 0.3 is 5.97 Å². The fourth-order valence-corrected chi connectivity index (χ4v) is 3.59. The number of primary sulfonamides is 1. The minimum atomic E-state index is -3.91. The fraction of sp³-hybridized carbons (Fsp3) is 0.150. The predicted molar refractivity (Wildman–Crippen MR) is 109 cm³/mol. The Morgan fingerprint density at radius 1 is 1.14 bits per heavy atom. The van der Waals surface area contributed by atoms with Gasteiger partial charge in [0.15, 0.2) is 0 Å². The standard InChI is InChI=1S/C20H19ClN2O5S/c1-14(15-5-3-2-4-6-15)28-20(24)16-7-9-17(10-8-16)23(21)13-18-19(11-12-27-18)29(22,25)26/h2-12,14H,13H2,1H3,(H2,22,25,26)/t14-/m0/s1. The third kappa shape index (κ3) is 5.17. The van der Waals surface area contributed by atoms with Crippen LogP contribution in [0.1, 0.15) is 34.7 Å². The Morgan fingerprint density at radius 3 is 2.41 bits per heavy atom. The van der Waals surface area contributed by atoms with Crippen molar-refractivity contribution in [3.05, 3.63) is 83.8 Å². The maximum atomic E-state index is 12.4. The molecule has 3 rings (SSSR count). The van der Waals surface area contributed by atoms with Crippen molar-refractivity contribution >= 4 is 33.5 Å². The van der Waals surface area contributed by atoms with E-state index in [9.17, 15) is 13.2 Å². The zero-order valence-electron chi connectivity index (χ0n) is 15.5. The smallest absolute Gasteiger partial charge is 0.338 e. The normalized spacial score (nSPS) is 12.4. The first-order valence-corrected chi connectivity index (χ1v) is 10.5. The number of carbonyl (C=O) groups excluding carboxylic acids is 1.